The lowest BCUT2D eigenvalue weighted by Crippen LogP contribution is -2.08. The van der Waals surface area contributed by atoms with Crippen molar-refractivity contribution in [1.29, 1.82) is 0 Å². The normalized spacial score (nSPS) is 16.4. The molecule has 0 saturated heterocycles. The molecule has 1 aromatic carbocycles. The van der Waals surface area contributed by atoms with Gasteiger partial charge < -0.3 is 4.84 Å². The van der Waals surface area contributed by atoms with E-state index in [0.29, 0.717) is 5.56 Å². The van der Waals surface area contributed by atoms with Gasteiger partial charge in [0.25, 0.3) is 0 Å². The van der Waals surface area contributed by atoms with Gasteiger partial charge in [0.05, 0.1) is 10.6 Å². The maximum atomic E-state index is 11.8. The van der Waals surface area contributed by atoms with Crippen molar-refractivity contribution in [2.75, 3.05) is 0 Å². The molecule has 5 heteroatoms. The average molecular weight is 276 g/mol. The van der Waals surface area contributed by atoms with Gasteiger partial charge in [0.2, 0.25) is 0 Å². The third kappa shape index (κ3) is 3.17. The second-order valence-corrected chi connectivity index (χ2v) is 4.31. The van der Waals surface area contributed by atoms with Gasteiger partial charge in [-0.05, 0) is 30.7 Å². The van der Waals surface area contributed by atoms with Crippen molar-refractivity contribution in [2.24, 2.45) is 5.16 Å². The molecule has 0 spiro atoms. The number of hydrogen-bond acceptors (Lipinski definition) is 4. The minimum Gasteiger partial charge on any atom is -0.312 e. The van der Waals surface area contributed by atoms with E-state index < -0.39 is 5.97 Å². The fraction of sp³-hybridized carbons (Fsp3) is 0.0714. The summed E-state index contributed by atoms with van der Waals surface area (Å²) in [7, 11) is 0. The maximum Gasteiger partial charge on any atom is 0.366 e. The summed E-state index contributed by atoms with van der Waals surface area (Å²) in [6.07, 6.45) is 3.91. The van der Waals surface area contributed by atoms with Crippen molar-refractivity contribution >= 4 is 29.1 Å². The minimum atomic E-state index is -0.569. The van der Waals surface area contributed by atoms with Crippen molar-refractivity contribution in [3.05, 3.63) is 58.7 Å². The number of hydrogen-bond donors (Lipinski definition) is 0. The van der Waals surface area contributed by atoms with Crippen LogP contribution in [-0.2, 0) is 9.63 Å². The van der Waals surface area contributed by atoms with Crippen LogP contribution in [0, 0.1) is 6.92 Å². The summed E-state index contributed by atoms with van der Waals surface area (Å²) >= 11 is 5.81. The van der Waals surface area contributed by atoms with Crippen molar-refractivity contribution in [2.45, 2.75) is 6.92 Å². The van der Waals surface area contributed by atoms with Gasteiger partial charge in [-0.1, -0.05) is 35.0 Å². The Kier molecular flexibility index (Phi) is 3.92. The third-order valence-electron chi connectivity index (χ3n) is 2.51. The second-order valence-electron chi connectivity index (χ2n) is 3.90. The van der Waals surface area contributed by atoms with Crippen LogP contribution in [-0.4, -0.2) is 17.5 Å². The van der Waals surface area contributed by atoms with Crippen LogP contribution in [0.2, 0.25) is 0 Å². The molecule has 1 aromatic rings. The lowest BCUT2D eigenvalue weighted by Gasteiger charge is -2.04. The Bertz CT molecular complexity index is 629. The molecule has 19 heavy (non-hydrogen) atoms. The first-order valence-electron chi connectivity index (χ1n) is 5.52. The van der Waals surface area contributed by atoms with E-state index in [9.17, 15) is 9.59 Å². The van der Waals surface area contributed by atoms with Crippen LogP contribution < -0.4 is 0 Å². The minimum absolute atomic E-state index is 0.144. The number of benzene rings is 1. The van der Waals surface area contributed by atoms with Crippen molar-refractivity contribution in [3.8, 4) is 0 Å². The standard InChI is InChI=1S/C14H10ClNO3/c1-9-4-2-3-5-11(9)14(18)19-16-13-7-6-10(17)8-12(13)15/h2-8H,1H3/b16-13+. The lowest BCUT2D eigenvalue weighted by molar-refractivity contribution is -0.110. The highest BCUT2D eigenvalue weighted by atomic mass is 35.5. The van der Waals surface area contributed by atoms with Gasteiger partial charge in [0, 0.05) is 6.08 Å². The molecule has 0 amide bonds. The molecule has 96 valence electrons. The van der Waals surface area contributed by atoms with Crippen LogP contribution in [0.15, 0.2) is 52.7 Å². The van der Waals surface area contributed by atoms with Gasteiger partial charge in [0.1, 0.15) is 5.71 Å². The molecule has 0 N–H and O–H groups in total. The molecular formula is C14H10ClNO3. The first kappa shape index (κ1) is 13.2. The first-order valence-corrected chi connectivity index (χ1v) is 5.90. The summed E-state index contributed by atoms with van der Waals surface area (Å²) in [5, 5.41) is 3.79. The Hall–Kier alpha value is -2.20. The molecule has 0 atom stereocenters. The predicted molar refractivity (Wildman–Crippen MR) is 72.1 cm³/mol. The molecule has 1 aliphatic rings. The Labute approximate surface area is 115 Å². The summed E-state index contributed by atoms with van der Waals surface area (Å²) in [6, 6.07) is 7.02. The zero-order chi connectivity index (χ0) is 13.8. The fourth-order valence-electron chi connectivity index (χ4n) is 1.50. The molecule has 0 aliphatic heterocycles. The largest absolute Gasteiger partial charge is 0.366 e. The summed E-state index contributed by atoms with van der Waals surface area (Å²) < 4.78 is 0. The van der Waals surface area contributed by atoms with Gasteiger partial charge in [-0.2, -0.15) is 0 Å². The summed E-state index contributed by atoms with van der Waals surface area (Å²) in [5.74, 6) is -0.797. The quantitative estimate of drug-likeness (QED) is 0.474. The number of halogens is 1. The SMILES string of the molecule is Cc1ccccc1C(=O)O/N=C1\C=CC(=O)C=C1Cl. The van der Waals surface area contributed by atoms with E-state index in [2.05, 4.69) is 5.16 Å². The number of nitrogens with zero attached hydrogens (tertiary/aromatic N) is 1. The van der Waals surface area contributed by atoms with Crippen molar-refractivity contribution in [3.63, 3.8) is 0 Å². The zero-order valence-corrected chi connectivity index (χ0v) is 10.8. The van der Waals surface area contributed by atoms with E-state index in [0.717, 1.165) is 5.56 Å². The molecule has 0 saturated carbocycles. The Balaban J connectivity index is 2.13. The number of allylic oxidation sites excluding steroid dienone is 4. The predicted octanol–water partition coefficient (Wildman–Crippen LogP) is 2.77. The number of aryl methyl sites for hydroxylation is 1. The van der Waals surface area contributed by atoms with E-state index in [-0.39, 0.29) is 16.5 Å². The Morgan fingerprint density at radius 2 is 2.00 bits per heavy atom. The highest BCUT2D eigenvalue weighted by Gasteiger charge is 2.13. The molecule has 0 fully saturated rings. The number of carbonyl (C=O) groups is 2. The Morgan fingerprint density at radius 1 is 1.26 bits per heavy atom. The van der Waals surface area contributed by atoms with Crippen LogP contribution in [0.1, 0.15) is 15.9 Å². The molecule has 1 aliphatic carbocycles. The van der Waals surface area contributed by atoms with Crippen LogP contribution in [0.4, 0.5) is 0 Å². The molecule has 0 heterocycles. The fourth-order valence-corrected chi connectivity index (χ4v) is 1.71. The van der Waals surface area contributed by atoms with Gasteiger partial charge in [-0.3, -0.25) is 4.79 Å². The van der Waals surface area contributed by atoms with Crippen molar-refractivity contribution < 1.29 is 14.4 Å². The van der Waals surface area contributed by atoms with Crippen LogP contribution in [0.5, 0.6) is 0 Å². The zero-order valence-electron chi connectivity index (χ0n) is 10.1. The number of oxime groups is 1. The number of ketones is 1. The number of rotatable bonds is 2. The molecule has 2 rings (SSSR count). The summed E-state index contributed by atoms with van der Waals surface area (Å²) in [4.78, 5) is 27.6. The monoisotopic (exact) mass is 275 g/mol. The third-order valence-corrected chi connectivity index (χ3v) is 2.81. The maximum absolute atomic E-state index is 11.8. The van der Waals surface area contributed by atoms with E-state index in [1.165, 1.54) is 18.2 Å². The topological polar surface area (TPSA) is 55.7 Å². The smallest absolute Gasteiger partial charge is 0.312 e. The van der Waals surface area contributed by atoms with E-state index in [4.69, 9.17) is 16.4 Å². The first-order chi connectivity index (χ1) is 9.08. The Morgan fingerprint density at radius 3 is 2.68 bits per heavy atom. The van der Waals surface area contributed by atoms with E-state index in [1.54, 1.807) is 25.1 Å². The highest BCUT2D eigenvalue weighted by Crippen LogP contribution is 2.13. The van der Waals surface area contributed by atoms with Crippen LogP contribution in [0.25, 0.3) is 0 Å². The van der Waals surface area contributed by atoms with Crippen LogP contribution in [0.3, 0.4) is 0 Å². The molecule has 0 radical (unpaired) electrons. The van der Waals surface area contributed by atoms with Gasteiger partial charge in [0.15, 0.2) is 5.78 Å². The van der Waals surface area contributed by atoms with Gasteiger partial charge in [-0.25, -0.2) is 4.79 Å². The molecule has 0 bridgehead atoms. The van der Waals surface area contributed by atoms with Gasteiger partial charge >= 0.3 is 5.97 Å². The average Bonchev–Trinajstić information content (AvgIpc) is 2.38. The van der Waals surface area contributed by atoms with E-state index >= 15 is 0 Å². The highest BCUT2D eigenvalue weighted by molar-refractivity contribution is 6.48. The molecular weight excluding hydrogens is 266 g/mol. The summed E-state index contributed by atoms with van der Waals surface area (Å²) in [6.45, 7) is 1.80. The number of carbonyl (C=O) groups excluding carboxylic acids is 2. The van der Waals surface area contributed by atoms with E-state index in [1.807, 2.05) is 6.07 Å². The molecule has 4 nitrogen and oxygen atoms in total. The molecule has 0 unspecified atom stereocenters. The molecule has 0 aromatic heterocycles. The van der Waals surface area contributed by atoms with Crippen LogP contribution >= 0.6 is 11.6 Å². The van der Waals surface area contributed by atoms with Gasteiger partial charge in [-0.15, -0.1) is 0 Å². The second kappa shape index (κ2) is 5.63. The van der Waals surface area contributed by atoms with Crippen molar-refractivity contribution in [1.82, 2.24) is 0 Å². The summed E-state index contributed by atoms with van der Waals surface area (Å²) in [5.41, 5.74) is 1.47. The lowest BCUT2D eigenvalue weighted by atomic mass is 10.1.